The van der Waals surface area contributed by atoms with E-state index < -0.39 is 5.91 Å². The van der Waals surface area contributed by atoms with Crippen LogP contribution in [0, 0.1) is 0 Å². The van der Waals surface area contributed by atoms with Crippen LogP contribution in [-0.2, 0) is 6.54 Å². The van der Waals surface area contributed by atoms with Gasteiger partial charge in [-0.2, -0.15) is 5.10 Å². The molecule has 6 nitrogen and oxygen atoms in total. The van der Waals surface area contributed by atoms with Crippen LogP contribution in [0.25, 0.3) is 11.3 Å². The minimum atomic E-state index is -0.627. The van der Waals surface area contributed by atoms with Crippen molar-refractivity contribution < 1.29 is 14.3 Å². The topological polar surface area (TPSA) is 79.4 Å². The predicted molar refractivity (Wildman–Crippen MR) is 105 cm³/mol. The second-order valence-electron chi connectivity index (χ2n) is 5.72. The molecule has 0 atom stereocenters. The van der Waals surface area contributed by atoms with Crippen molar-refractivity contribution in [2.75, 3.05) is 14.2 Å². The summed E-state index contributed by atoms with van der Waals surface area (Å²) in [6.45, 7) is 0.348. The van der Waals surface area contributed by atoms with E-state index in [1.807, 2.05) is 12.1 Å². The summed E-state index contributed by atoms with van der Waals surface area (Å²) in [7, 11) is 3.12. The van der Waals surface area contributed by atoms with Crippen LogP contribution < -0.4 is 15.2 Å². The van der Waals surface area contributed by atoms with Gasteiger partial charge in [0, 0.05) is 0 Å². The van der Waals surface area contributed by atoms with Crippen molar-refractivity contribution in [3.05, 3.63) is 63.8 Å². The number of benzene rings is 2. The monoisotopic (exact) mass is 405 g/mol. The van der Waals surface area contributed by atoms with Crippen molar-refractivity contribution in [2.45, 2.75) is 6.54 Å². The average molecular weight is 406 g/mol. The highest BCUT2D eigenvalue weighted by Gasteiger charge is 2.20. The van der Waals surface area contributed by atoms with Crippen LogP contribution >= 0.6 is 23.2 Å². The van der Waals surface area contributed by atoms with Crippen molar-refractivity contribution in [2.24, 2.45) is 5.73 Å². The van der Waals surface area contributed by atoms with Gasteiger partial charge in [0.1, 0.15) is 11.5 Å². The Balaban J connectivity index is 2.16. The number of carbonyl (C=O) groups is 1. The molecule has 0 bridgehead atoms. The molecule has 3 rings (SSSR count). The summed E-state index contributed by atoms with van der Waals surface area (Å²) in [4.78, 5) is 11.7. The summed E-state index contributed by atoms with van der Waals surface area (Å²) in [5.41, 5.74) is 7.73. The van der Waals surface area contributed by atoms with E-state index in [1.165, 1.54) is 0 Å². The van der Waals surface area contributed by atoms with Crippen LogP contribution in [0.5, 0.6) is 11.5 Å². The van der Waals surface area contributed by atoms with Gasteiger partial charge < -0.3 is 15.2 Å². The lowest BCUT2D eigenvalue weighted by molar-refractivity contribution is 0.0995. The van der Waals surface area contributed by atoms with E-state index in [0.717, 1.165) is 5.56 Å². The molecular formula is C19H17Cl2N3O3. The number of ether oxygens (including phenoxy) is 2. The van der Waals surface area contributed by atoms with Gasteiger partial charge in [0.2, 0.25) is 0 Å². The smallest absolute Gasteiger partial charge is 0.269 e. The van der Waals surface area contributed by atoms with Crippen molar-refractivity contribution in [1.82, 2.24) is 9.78 Å². The molecule has 0 spiro atoms. The van der Waals surface area contributed by atoms with Gasteiger partial charge in [-0.3, -0.25) is 9.48 Å². The van der Waals surface area contributed by atoms with Crippen LogP contribution in [0.15, 0.2) is 42.5 Å². The van der Waals surface area contributed by atoms with Crippen LogP contribution in [0.3, 0.4) is 0 Å². The zero-order valence-corrected chi connectivity index (χ0v) is 16.2. The second kappa shape index (κ2) is 7.90. The highest BCUT2D eigenvalue weighted by molar-refractivity contribution is 6.42. The Labute approximate surface area is 166 Å². The predicted octanol–water partition coefficient (Wildman–Crippen LogP) is 4.02. The van der Waals surface area contributed by atoms with Gasteiger partial charge in [-0.1, -0.05) is 35.3 Å². The van der Waals surface area contributed by atoms with Gasteiger partial charge >= 0.3 is 0 Å². The molecule has 0 aliphatic carbocycles. The van der Waals surface area contributed by atoms with Crippen molar-refractivity contribution in [3.63, 3.8) is 0 Å². The molecule has 1 amide bonds. The maximum absolute atomic E-state index is 11.7. The van der Waals surface area contributed by atoms with E-state index in [0.29, 0.717) is 39.3 Å². The van der Waals surface area contributed by atoms with E-state index in [-0.39, 0.29) is 5.69 Å². The normalized spacial score (nSPS) is 10.7. The Kier molecular flexibility index (Phi) is 5.58. The summed E-state index contributed by atoms with van der Waals surface area (Å²) < 4.78 is 12.6. The van der Waals surface area contributed by atoms with Gasteiger partial charge in [0.15, 0.2) is 5.69 Å². The molecular weight excluding hydrogens is 389 g/mol. The first-order valence-electron chi connectivity index (χ1n) is 7.97. The van der Waals surface area contributed by atoms with E-state index in [2.05, 4.69) is 5.10 Å². The number of amides is 1. The van der Waals surface area contributed by atoms with E-state index in [1.54, 1.807) is 49.2 Å². The number of hydrogen-bond donors (Lipinski definition) is 1. The summed E-state index contributed by atoms with van der Waals surface area (Å²) in [5.74, 6) is 0.541. The molecule has 0 saturated heterocycles. The summed E-state index contributed by atoms with van der Waals surface area (Å²) in [5, 5.41) is 5.24. The maximum atomic E-state index is 11.7. The number of methoxy groups -OCH3 is 2. The fourth-order valence-electron chi connectivity index (χ4n) is 2.77. The number of nitrogens with zero attached hydrogens (tertiary/aromatic N) is 2. The largest absolute Gasteiger partial charge is 0.496 e. The zero-order valence-electron chi connectivity index (χ0n) is 14.7. The third-order valence-corrected chi connectivity index (χ3v) is 4.77. The Hall–Kier alpha value is -2.70. The van der Waals surface area contributed by atoms with Crippen LogP contribution in [0.1, 0.15) is 16.1 Å². The van der Waals surface area contributed by atoms with Crippen LogP contribution in [-0.4, -0.2) is 29.9 Å². The van der Waals surface area contributed by atoms with E-state index >= 15 is 0 Å². The zero-order chi connectivity index (χ0) is 19.6. The standard InChI is InChI=1S/C19H17Cl2N3O3/c1-26-16-4-3-5-17(27-2)18(16)15-9-14(19(22)25)23-24(15)10-11-6-7-12(20)13(21)8-11/h3-9H,10H2,1-2H3,(H2,22,25). The van der Waals surface area contributed by atoms with Gasteiger partial charge in [-0.15, -0.1) is 0 Å². The molecule has 8 heteroatoms. The highest BCUT2D eigenvalue weighted by atomic mass is 35.5. The summed E-state index contributed by atoms with van der Waals surface area (Å²) >= 11 is 12.1. The number of carbonyl (C=O) groups excluding carboxylic acids is 1. The molecule has 140 valence electrons. The van der Waals surface area contributed by atoms with Crippen molar-refractivity contribution >= 4 is 29.1 Å². The third kappa shape index (κ3) is 3.86. The van der Waals surface area contributed by atoms with Crippen LogP contribution in [0.4, 0.5) is 0 Å². The molecule has 0 aliphatic rings. The molecule has 0 fully saturated rings. The third-order valence-electron chi connectivity index (χ3n) is 4.03. The van der Waals surface area contributed by atoms with Crippen molar-refractivity contribution in [1.29, 1.82) is 0 Å². The fraction of sp³-hybridized carbons (Fsp3) is 0.158. The lowest BCUT2D eigenvalue weighted by Crippen LogP contribution is -2.13. The molecule has 2 aromatic carbocycles. The number of hydrogen-bond acceptors (Lipinski definition) is 4. The molecule has 27 heavy (non-hydrogen) atoms. The molecule has 1 heterocycles. The number of halogens is 2. The Morgan fingerprint density at radius 1 is 1.07 bits per heavy atom. The van der Waals surface area contributed by atoms with E-state index in [4.69, 9.17) is 38.4 Å². The molecule has 3 aromatic rings. The number of rotatable bonds is 6. The molecule has 2 N–H and O–H groups in total. The first-order chi connectivity index (χ1) is 12.9. The van der Waals surface area contributed by atoms with Crippen LogP contribution in [0.2, 0.25) is 10.0 Å². The SMILES string of the molecule is COc1cccc(OC)c1-c1cc(C(N)=O)nn1Cc1ccc(Cl)c(Cl)c1. The minimum Gasteiger partial charge on any atom is -0.496 e. The molecule has 0 radical (unpaired) electrons. The first-order valence-corrected chi connectivity index (χ1v) is 8.73. The average Bonchev–Trinajstić information content (AvgIpc) is 3.07. The number of primary amides is 1. The molecule has 1 aromatic heterocycles. The highest BCUT2D eigenvalue weighted by Crippen LogP contribution is 2.39. The summed E-state index contributed by atoms with van der Waals surface area (Å²) in [6, 6.07) is 12.3. The van der Waals surface area contributed by atoms with Gasteiger partial charge in [-0.25, -0.2) is 0 Å². The van der Waals surface area contributed by atoms with Gasteiger partial charge in [0.05, 0.1) is 42.1 Å². The maximum Gasteiger partial charge on any atom is 0.269 e. The summed E-state index contributed by atoms with van der Waals surface area (Å²) in [6.07, 6.45) is 0. The Bertz CT molecular complexity index is 980. The van der Waals surface area contributed by atoms with Crippen molar-refractivity contribution in [3.8, 4) is 22.8 Å². The molecule has 0 saturated carbocycles. The lowest BCUT2D eigenvalue weighted by atomic mass is 10.1. The quantitative estimate of drug-likeness (QED) is 0.671. The number of nitrogens with two attached hydrogens (primary N) is 1. The van der Waals surface area contributed by atoms with Gasteiger partial charge in [0.25, 0.3) is 5.91 Å². The fourth-order valence-corrected chi connectivity index (χ4v) is 3.09. The molecule has 0 unspecified atom stereocenters. The Morgan fingerprint density at radius 3 is 2.30 bits per heavy atom. The second-order valence-corrected chi connectivity index (χ2v) is 6.54. The number of aromatic nitrogens is 2. The minimum absolute atomic E-state index is 0.137. The lowest BCUT2D eigenvalue weighted by Gasteiger charge is -2.15. The molecule has 0 aliphatic heterocycles. The van der Waals surface area contributed by atoms with Gasteiger partial charge in [-0.05, 0) is 35.9 Å². The van der Waals surface area contributed by atoms with E-state index in [9.17, 15) is 4.79 Å². The first kappa shape index (κ1) is 19.1. The Morgan fingerprint density at radius 2 is 1.74 bits per heavy atom.